The minimum Gasteiger partial charge on any atom is -0.324 e. The molecule has 21 heavy (non-hydrogen) atoms. The Labute approximate surface area is 124 Å². The Hall–Kier alpha value is -1.56. The summed E-state index contributed by atoms with van der Waals surface area (Å²) >= 11 is 5.69. The minimum absolute atomic E-state index is 0.0669. The molecular weight excluding hydrogens is 308 g/mol. The first-order valence-electron chi connectivity index (χ1n) is 6.26. The molecule has 0 radical (unpaired) electrons. The van der Waals surface area contributed by atoms with Gasteiger partial charge in [0.1, 0.15) is 11.6 Å². The molecule has 1 aromatic carbocycles. The van der Waals surface area contributed by atoms with Crippen LogP contribution in [0, 0.1) is 5.82 Å². The zero-order valence-corrected chi connectivity index (χ0v) is 12.1. The van der Waals surface area contributed by atoms with E-state index in [1.54, 1.807) is 13.8 Å². The summed E-state index contributed by atoms with van der Waals surface area (Å²) < 4.78 is 54.9. The van der Waals surface area contributed by atoms with Crippen molar-refractivity contribution in [1.29, 1.82) is 0 Å². The highest BCUT2D eigenvalue weighted by atomic mass is 35.5. The van der Waals surface area contributed by atoms with Crippen LogP contribution in [-0.4, -0.2) is 9.55 Å². The summed E-state index contributed by atoms with van der Waals surface area (Å²) in [6.07, 6.45) is -4.68. The van der Waals surface area contributed by atoms with E-state index in [4.69, 9.17) is 11.6 Å². The second-order valence-electron chi connectivity index (χ2n) is 4.80. The van der Waals surface area contributed by atoms with Gasteiger partial charge in [-0.15, -0.1) is 11.6 Å². The second-order valence-corrected chi connectivity index (χ2v) is 5.07. The molecule has 0 atom stereocenters. The molecule has 0 saturated carbocycles. The highest BCUT2D eigenvalue weighted by Crippen LogP contribution is 2.39. The highest BCUT2D eigenvalue weighted by molar-refractivity contribution is 6.16. The van der Waals surface area contributed by atoms with Crippen LogP contribution in [-0.2, 0) is 12.1 Å². The largest absolute Gasteiger partial charge is 0.435 e. The maximum atomic E-state index is 14.0. The van der Waals surface area contributed by atoms with E-state index in [9.17, 15) is 17.6 Å². The van der Waals surface area contributed by atoms with Crippen LogP contribution in [0.4, 0.5) is 17.6 Å². The molecule has 114 valence electrons. The molecule has 0 spiro atoms. The lowest BCUT2D eigenvalue weighted by atomic mass is 10.1. The summed E-state index contributed by atoms with van der Waals surface area (Å²) in [6.45, 7) is 3.39. The molecule has 2 nitrogen and oxygen atoms in total. The van der Waals surface area contributed by atoms with Crippen LogP contribution in [0.15, 0.2) is 24.3 Å². The van der Waals surface area contributed by atoms with Crippen LogP contribution in [0.1, 0.15) is 31.4 Å². The van der Waals surface area contributed by atoms with Crippen molar-refractivity contribution in [2.24, 2.45) is 0 Å². The molecule has 0 N–H and O–H groups in total. The fourth-order valence-corrected chi connectivity index (χ4v) is 2.43. The van der Waals surface area contributed by atoms with Crippen molar-refractivity contribution >= 4 is 11.6 Å². The molecular formula is C14H13ClF4N2. The number of benzene rings is 1. The number of hydrogen-bond acceptors (Lipinski definition) is 1. The average Bonchev–Trinajstić information content (AvgIpc) is 2.78. The van der Waals surface area contributed by atoms with E-state index in [1.165, 1.54) is 22.8 Å². The number of halogens is 5. The van der Waals surface area contributed by atoms with Gasteiger partial charge in [0.15, 0.2) is 5.69 Å². The average molecular weight is 321 g/mol. The van der Waals surface area contributed by atoms with Gasteiger partial charge >= 0.3 is 6.18 Å². The molecule has 0 amide bonds. The quantitative estimate of drug-likeness (QED) is 0.573. The number of alkyl halides is 4. The molecule has 2 aromatic rings. The summed E-state index contributed by atoms with van der Waals surface area (Å²) in [5, 5.41) is 0. The van der Waals surface area contributed by atoms with E-state index in [2.05, 4.69) is 4.98 Å². The van der Waals surface area contributed by atoms with Crippen LogP contribution in [0.3, 0.4) is 0 Å². The summed E-state index contributed by atoms with van der Waals surface area (Å²) in [7, 11) is 0. The predicted octanol–water partition coefficient (Wildman–Crippen LogP) is 5.03. The van der Waals surface area contributed by atoms with Crippen molar-refractivity contribution in [3.63, 3.8) is 0 Å². The third-order valence-electron chi connectivity index (χ3n) is 3.02. The van der Waals surface area contributed by atoms with Crippen molar-refractivity contribution in [3.8, 4) is 11.3 Å². The molecule has 0 bridgehead atoms. The third-order valence-corrected chi connectivity index (χ3v) is 3.26. The molecule has 0 aliphatic heterocycles. The smallest absolute Gasteiger partial charge is 0.324 e. The van der Waals surface area contributed by atoms with Gasteiger partial charge in [-0.25, -0.2) is 9.37 Å². The van der Waals surface area contributed by atoms with Gasteiger partial charge in [0, 0.05) is 11.6 Å². The van der Waals surface area contributed by atoms with Crippen LogP contribution in [0.2, 0.25) is 0 Å². The van der Waals surface area contributed by atoms with Crippen LogP contribution in [0.25, 0.3) is 11.3 Å². The molecule has 1 aromatic heterocycles. The van der Waals surface area contributed by atoms with Crippen LogP contribution in [0.5, 0.6) is 0 Å². The molecule has 0 saturated heterocycles. The third kappa shape index (κ3) is 2.90. The first-order valence-corrected chi connectivity index (χ1v) is 6.80. The molecule has 0 fully saturated rings. The van der Waals surface area contributed by atoms with Crippen molar-refractivity contribution in [2.75, 3.05) is 0 Å². The van der Waals surface area contributed by atoms with Gasteiger partial charge in [-0.3, -0.25) is 0 Å². The summed E-state index contributed by atoms with van der Waals surface area (Å²) in [4.78, 5) is 3.58. The summed E-state index contributed by atoms with van der Waals surface area (Å²) in [5.41, 5.74) is -1.54. The lowest BCUT2D eigenvalue weighted by molar-refractivity contribution is -0.140. The topological polar surface area (TPSA) is 17.8 Å². The lowest BCUT2D eigenvalue weighted by Gasteiger charge is -2.16. The molecule has 0 unspecified atom stereocenters. The summed E-state index contributed by atoms with van der Waals surface area (Å²) in [6, 6.07) is 4.99. The first kappa shape index (κ1) is 15.8. The number of imidazole rings is 1. The lowest BCUT2D eigenvalue weighted by Crippen LogP contribution is -2.11. The number of hydrogen-bond donors (Lipinski definition) is 0. The standard InChI is InChI=1S/C14H13ClF4N2/c1-8(2)21-11(7-15)20-13(14(17,18)19)12(21)9-5-3-4-6-10(9)16/h3-6,8H,7H2,1-2H3. The molecule has 0 aliphatic rings. The predicted molar refractivity (Wildman–Crippen MR) is 72.6 cm³/mol. The Morgan fingerprint density at radius 2 is 1.86 bits per heavy atom. The number of rotatable bonds is 3. The van der Waals surface area contributed by atoms with E-state index in [0.29, 0.717) is 0 Å². The van der Waals surface area contributed by atoms with Crippen molar-refractivity contribution < 1.29 is 17.6 Å². The number of nitrogens with zero attached hydrogens (tertiary/aromatic N) is 2. The maximum Gasteiger partial charge on any atom is 0.435 e. The van der Waals surface area contributed by atoms with Crippen LogP contribution >= 0.6 is 11.6 Å². The maximum absolute atomic E-state index is 14.0. The van der Waals surface area contributed by atoms with Gasteiger partial charge in [-0.1, -0.05) is 12.1 Å². The van der Waals surface area contributed by atoms with Crippen molar-refractivity contribution in [3.05, 3.63) is 41.6 Å². The van der Waals surface area contributed by atoms with Gasteiger partial charge in [-0.05, 0) is 26.0 Å². The Morgan fingerprint density at radius 1 is 1.24 bits per heavy atom. The van der Waals surface area contributed by atoms with Crippen molar-refractivity contribution in [1.82, 2.24) is 9.55 Å². The number of aromatic nitrogens is 2. The molecule has 2 rings (SSSR count). The van der Waals surface area contributed by atoms with Gasteiger partial charge in [-0.2, -0.15) is 13.2 Å². The van der Waals surface area contributed by atoms with Gasteiger partial charge in [0.05, 0.1) is 11.6 Å². The SMILES string of the molecule is CC(C)n1c(CCl)nc(C(F)(F)F)c1-c1ccccc1F. The second kappa shape index (κ2) is 5.67. The molecule has 7 heteroatoms. The Kier molecular flexibility index (Phi) is 4.27. The van der Waals surface area contributed by atoms with Crippen LogP contribution < -0.4 is 0 Å². The Balaban J connectivity index is 2.84. The van der Waals surface area contributed by atoms with Crippen molar-refractivity contribution in [2.45, 2.75) is 31.9 Å². The molecule has 0 aliphatic carbocycles. The fraction of sp³-hybridized carbons (Fsp3) is 0.357. The Morgan fingerprint density at radius 3 is 2.33 bits per heavy atom. The normalized spacial score (nSPS) is 12.2. The van der Waals surface area contributed by atoms with Gasteiger partial charge in [0.2, 0.25) is 0 Å². The monoisotopic (exact) mass is 320 g/mol. The van der Waals surface area contributed by atoms with E-state index < -0.39 is 17.7 Å². The zero-order valence-electron chi connectivity index (χ0n) is 11.4. The highest BCUT2D eigenvalue weighted by Gasteiger charge is 2.40. The van der Waals surface area contributed by atoms with Gasteiger partial charge in [0.25, 0.3) is 0 Å². The summed E-state index contributed by atoms with van der Waals surface area (Å²) in [5.74, 6) is -0.849. The first-order chi connectivity index (χ1) is 9.77. The van der Waals surface area contributed by atoms with E-state index in [1.807, 2.05) is 0 Å². The fourth-order valence-electron chi connectivity index (χ4n) is 2.24. The minimum atomic E-state index is -4.68. The van der Waals surface area contributed by atoms with E-state index in [-0.39, 0.29) is 29.0 Å². The van der Waals surface area contributed by atoms with Gasteiger partial charge < -0.3 is 4.57 Å². The Bertz CT molecular complexity index is 647. The molecule has 1 heterocycles. The van der Waals surface area contributed by atoms with E-state index in [0.717, 1.165) is 6.07 Å². The van der Waals surface area contributed by atoms with E-state index >= 15 is 0 Å². The zero-order chi connectivity index (χ0) is 15.8.